The highest BCUT2D eigenvalue weighted by molar-refractivity contribution is 5.88. The fraction of sp³-hybridized carbons (Fsp3) is 0.600. The summed E-state index contributed by atoms with van der Waals surface area (Å²) in [4.78, 5) is 125. The number of hydrogen-bond donors (Lipinski definition) is 6. The van der Waals surface area contributed by atoms with Crippen LogP contribution in [0.4, 0.5) is 9.59 Å². The van der Waals surface area contributed by atoms with Gasteiger partial charge in [-0.05, 0) is 52.7 Å². The van der Waals surface area contributed by atoms with Gasteiger partial charge < -0.3 is 73.6 Å². The number of methoxy groups -OCH3 is 3. The van der Waals surface area contributed by atoms with Gasteiger partial charge in [0.05, 0.1) is 137 Å². The van der Waals surface area contributed by atoms with Crippen molar-refractivity contribution in [3.8, 4) is 0 Å². The summed E-state index contributed by atoms with van der Waals surface area (Å²) in [5.41, 5.74) is 10.3. The van der Waals surface area contributed by atoms with Crippen molar-refractivity contribution in [3.63, 3.8) is 0 Å². The van der Waals surface area contributed by atoms with E-state index in [0.29, 0.717) is 13.2 Å². The Morgan fingerprint density at radius 1 is 0.459 bits per heavy atom. The van der Waals surface area contributed by atoms with E-state index in [-0.39, 0.29) is 124 Å². The lowest BCUT2D eigenvalue weighted by Gasteiger charge is -2.19. The number of hydrogen-bond acceptors (Lipinski definition) is 24. The largest absolute Gasteiger partial charge is 0.481 e. The molecule has 30 heteroatoms. The number of carbonyl (C=O) groups is 10. The van der Waals surface area contributed by atoms with Crippen LogP contribution in [0.25, 0.3) is 0 Å². The molecule has 0 bridgehead atoms. The van der Waals surface area contributed by atoms with E-state index in [2.05, 4.69) is 35.8 Å². The summed E-state index contributed by atoms with van der Waals surface area (Å²) in [6.07, 6.45) is -2.75. The highest BCUT2D eigenvalue weighted by atomic mass is 35.5. The van der Waals surface area contributed by atoms with E-state index in [4.69, 9.17) is 58.4 Å². The van der Waals surface area contributed by atoms with E-state index < -0.39 is 88.9 Å². The van der Waals surface area contributed by atoms with Gasteiger partial charge in [0.2, 0.25) is 11.8 Å². The minimum Gasteiger partial charge on any atom is -0.481 e. The first-order valence-corrected chi connectivity index (χ1v) is 26.4. The van der Waals surface area contributed by atoms with Crippen LogP contribution in [-0.4, -0.2) is 183 Å². The molecule has 2 aromatic rings. The summed E-state index contributed by atoms with van der Waals surface area (Å²) in [5, 5.41) is 14.1. The summed E-state index contributed by atoms with van der Waals surface area (Å²) in [6, 6.07) is 17.2. The molecular weight excluding hydrogens is 1150 g/mol. The van der Waals surface area contributed by atoms with Crippen LogP contribution in [0.5, 0.6) is 0 Å². The number of carboxylic acids is 1. The first-order chi connectivity index (χ1) is 39.8. The zero-order valence-electron chi connectivity index (χ0n) is 49.8. The van der Waals surface area contributed by atoms with E-state index in [1.165, 1.54) is 14.2 Å². The fourth-order valence-electron chi connectivity index (χ4n) is 5.86. The van der Waals surface area contributed by atoms with Crippen molar-refractivity contribution in [3.05, 3.63) is 71.8 Å². The Labute approximate surface area is 501 Å². The summed E-state index contributed by atoms with van der Waals surface area (Å²) in [6.45, 7) is 13.5. The Kier molecular flexibility index (Phi) is 45.1. The molecule has 2 rings (SSSR count). The molecule has 0 aliphatic rings. The van der Waals surface area contributed by atoms with Gasteiger partial charge in [0.1, 0.15) is 24.4 Å². The Balaban J connectivity index is 0. The smallest absolute Gasteiger partial charge is 0.431 e. The third-order valence-electron chi connectivity index (χ3n) is 9.87. The molecule has 2 aromatic carbocycles. The molecule has 0 spiro atoms. The van der Waals surface area contributed by atoms with Gasteiger partial charge >= 0.3 is 48.0 Å². The van der Waals surface area contributed by atoms with Crippen molar-refractivity contribution in [2.24, 2.45) is 17.6 Å². The second-order valence-electron chi connectivity index (χ2n) is 19.3. The average molecular weight is 1240 g/mol. The van der Waals surface area contributed by atoms with Gasteiger partial charge in [-0.15, -0.1) is 12.4 Å². The number of amides is 4. The standard InChI is InChI=1S/C25H38N2O10.C16H31N3O8.C14H16O6.ClH/c1-25(2,3)37-24(31)27-36-15-14-34-13-12-33-11-10-26-23(30)20(16-21(28)32-4)17-22(29)35-18-19-8-6-5-7-9-19;1-16(2,3)27-15(22)19-26-10-9-25-8-7-24-6-5-18-14(21)12(17)11-13(20)23-4;1-19-12(15)7-11(14(17)18)8-13(16)20-9-10-5-3-2-4-6-10;/h5-9,20H,10-18H2,1-4H3,(H,26,30)(H,27,31);12H,5-11,17H2,1-4H3,(H,18,21)(H,19,22);2-6,11H,7-9H2,1H3,(H,17,18);1H. The van der Waals surface area contributed by atoms with Crippen molar-refractivity contribution in [2.75, 3.05) is 100 Å². The number of rotatable bonds is 37. The van der Waals surface area contributed by atoms with Crippen molar-refractivity contribution in [1.82, 2.24) is 21.6 Å². The second kappa shape index (κ2) is 48.0. The van der Waals surface area contributed by atoms with Gasteiger partial charge in [-0.1, -0.05) is 60.7 Å². The highest BCUT2D eigenvalue weighted by Crippen LogP contribution is 2.15. The minimum atomic E-state index is -1.23. The molecule has 85 heavy (non-hydrogen) atoms. The maximum Gasteiger partial charge on any atom is 0.431 e. The number of carboxylic acid groups (broad SMARTS) is 1. The molecule has 0 aromatic heterocycles. The molecule has 0 saturated carbocycles. The number of nitrogens with two attached hydrogens (primary N) is 1. The number of hydroxylamine groups is 2. The maximum atomic E-state index is 12.5. The van der Waals surface area contributed by atoms with Crippen LogP contribution in [0.1, 0.15) is 84.8 Å². The molecule has 0 aliphatic heterocycles. The van der Waals surface area contributed by atoms with E-state index >= 15 is 0 Å². The summed E-state index contributed by atoms with van der Waals surface area (Å²) >= 11 is 0. The average Bonchev–Trinajstić information content (AvgIpc) is 3.54. The Morgan fingerprint density at radius 2 is 0.788 bits per heavy atom. The summed E-state index contributed by atoms with van der Waals surface area (Å²) < 4.78 is 54.8. The number of halogens is 1. The van der Waals surface area contributed by atoms with Gasteiger partial charge in [0.15, 0.2) is 0 Å². The number of benzene rings is 2. The van der Waals surface area contributed by atoms with Crippen LogP contribution in [-0.2, 0) is 113 Å². The zero-order valence-corrected chi connectivity index (χ0v) is 50.6. The Hall–Kier alpha value is -7.25. The Morgan fingerprint density at radius 3 is 1.16 bits per heavy atom. The molecule has 0 saturated heterocycles. The molecule has 4 amide bonds. The predicted octanol–water partition coefficient (Wildman–Crippen LogP) is 3.19. The molecule has 3 atom stereocenters. The van der Waals surface area contributed by atoms with Gasteiger partial charge in [-0.2, -0.15) is 11.0 Å². The van der Waals surface area contributed by atoms with Crippen molar-refractivity contribution < 1.29 is 115 Å². The summed E-state index contributed by atoms with van der Waals surface area (Å²) in [5.74, 6) is -7.28. The molecule has 0 fully saturated rings. The van der Waals surface area contributed by atoms with E-state index in [0.717, 1.165) is 18.2 Å². The monoisotopic (exact) mass is 1240 g/mol. The highest BCUT2D eigenvalue weighted by Gasteiger charge is 2.27. The molecule has 482 valence electrons. The van der Waals surface area contributed by atoms with Crippen LogP contribution < -0.4 is 27.3 Å². The minimum absolute atomic E-state index is 0. The first-order valence-electron chi connectivity index (χ1n) is 26.4. The predicted molar refractivity (Wildman–Crippen MR) is 301 cm³/mol. The molecule has 3 unspecified atom stereocenters. The number of aliphatic carboxylic acids is 1. The van der Waals surface area contributed by atoms with Crippen LogP contribution in [0.2, 0.25) is 0 Å². The van der Waals surface area contributed by atoms with Crippen LogP contribution >= 0.6 is 12.4 Å². The molecular formula is C55H86ClN5O24. The molecule has 29 nitrogen and oxygen atoms in total. The quantitative estimate of drug-likeness (QED) is 0.0245. The molecule has 0 radical (unpaired) electrons. The van der Waals surface area contributed by atoms with Gasteiger partial charge in [-0.25, -0.2) is 9.59 Å². The topological polar surface area (TPSA) is 385 Å². The Bertz CT molecular complexity index is 2240. The number of esters is 5. The SMILES string of the molecule is COC(=O)CC(CC(=O)OCc1ccccc1)C(=O)NCCOCCOCCONC(=O)OC(C)(C)C.COC(=O)CC(CC(=O)OCc1ccccc1)C(=O)O.COC(=O)CC(N)C(=O)NCCOCCOCCONC(=O)OC(C)(C)C.Cl. The van der Waals surface area contributed by atoms with E-state index in [1.54, 1.807) is 65.8 Å². The maximum absolute atomic E-state index is 12.5. The lowest BCUT2D eigenvalue weighted by Crippen LogP contribution is -2.43. The lowest BCUT2D eigenvalue weighted by molar-refractivity contribution is -0.155. The lowest BCUT2D eigenvalue weighted by atomic mass is 10.0. The third kappa shape index (κ3) is 47.8. The van der Waals surface area contributed by atoms with Crippen molar-refractivity contribution in [2.45, 2.75) is 104 Å². The van der Waals surface area contributed by atoms with E-state index in [9.17, 15) is 47.9 Å². The third-order valence-corrected chi connectivity index (χ3v) is 9.87. The van der Waals surface area contributed by atoms with Crippen LogP contribution in [0, 0.1) is 11.8 Å². The van der Waals surface area contributed by atoms with Gasteiger partial charge in [0.25, 0.3) is 0 Å². The van der Waals surface area contributed by atoms with E-state index in [1.807, 2.05) is 36.4 Å². The van der Waals surface area contributed by atoms with Crippen molar-refractivity contribution in [1.29, 1.82) is 0 Å². The number of nitrogens with one attached hydrogen (secondary N) is 4. The fourth-order valence-corrected chi connectivity index (χ4v) is 5.86. The molecule has 7 N–H and O–H groups in total. The number of ether oxygens (including phenoxy) is 11. The zero-order chi connectivity index (χ0) is 63.2. The van der Waals surface area contributed by atoms with Gasteiger partial charge in [-0.3, -0.25) is 48.0 Å². The van der Waals surface area contributed by atoms with Crippen LogP contribution in [0.3, 0.4) is 0 Å². The molecule has 0 heterocycles. The van der Waals surface area contributed by atoms with Gasteiger partial charge in [0, 0.05) is 13.1 Å². The first kappa shape index (κ1) is 79.8. The second-order valence-corrected chi connectivity index (χ2v) is 19.3. The molecule has 0 aliphatic carbocycles. The van der Waals surface area contributed by atoms with Crippen molar-refractivity contribution >= 4 is 72.2 Å². The van der Waals surface area contributed by atoms with Crippen LogP contribution in [0.15, 0.2) is 60.7 Å². The normalized spacial score (nSPS) is 11.7. The summed E-state index contributed by atoms with van der Waals surface area (Å²) in [7, 11) is 3.60. The number of carbonyl (C=O) groups excluding carboxylic acids is 9.